The van der Waals surface area contributed by atoms with E-state index in [2.05, 4.69) is 68.9 Å². The Kier molecular flexibility index (Phi) is 7.30. The molecule has 0 aliphatic heterocycles. The Labute approximate surface area is 203 Å². The number of rotatable bonds is 5. The Morgan fingerprint density at radius 1 is 1.09 bits per heavy atom. The molecule has 0 aromatic carbocycles. The highest BCUT2D eigenvalue weighted by molar-refractivity contribution is 6.75. The van der Waals surface area contributed by atoms with Gasteiger partial charge >= 0.3 is 0 Å². The van der Waals surface area contributed by atoms with Gasteiger partial charge in [-0.3, -0.25) is 0 Å². The standard InChI is InChI=1S/C28H50O4Si/c1-11-33(12-2,17(3)4)32-21-16-27(9)14-13-20(29)19(6)24(27)25(31)28(10)22(30)15-18(5)23(21)26(28,7)8/h17,20-22,24-25,29-31H,6,11-16H2,1-5,7-10H3/t20-,21-,22-,24-,25-,27-,28-/m0/s1. The van der Waals surface area contributed by atoms with E-state index in [0.717, 1.165) is 30.5 Å². The first kappa shape index (κ1) is 27.1. The minimum absolute atomic E-state index is 0.0381. The van der Waals surface area contributed by atoms with Crippen LogP contribution in [0.2, 0.25) is 17.6 Å². The molecule has 3 rings (SSSR count). The largest absolute Gasteiger partial charge is 0.410 e. The van der Waals surface area contributed by atoms with Gasteiger partial charge in [0.05, 0.1) is 24.4 Å². The smallest absolute Gasteiger partial charge is 0.195 e. The summed E-state index contributed by atoms with van der Waals surface area (Å²) in [4.78, 5) is 0. The average molecular weight is 479 g/mol. The number of hydrogen-bond acceptors (Lipinski definition) is 4. The van der Waals surface area contributed by atoms with Gasteiger partial charge in [0.15, 0.2) is 8.32 Å². The predicted octanol–water partition coefficient (Wildman–Crippen LogP) is 5.98. The number of aliphatic hydroxyl groups excluding tert-OH is 3. The molecule has 0 spiro atoms. The molecule has 4 nitrogen and oxygen atoms in total. The third kappa shape index (κ3) is 3.85. The van der Waals surface area contributed by atoms with E-state index in [0.29, 0.717) is 18.4 Å². The monoisotopic (exact) mass is 478 g/mol. The minimum Gasteiger partial charge on any atom is -0.410 e. The first-order chi connectivity index (χ1) is 15.1. The van der Waals surface area contributed by atoms with Crippen molar-refractivity contribution in [2.24, 2.45) is 22.2 Å². The molecule has 2 fully saturated rings. The van der Waals surface area contributed by atoms with Crippen LogP contribution in [-0.2, 0) is 4.43 Å². The fraction of sp³-hybridized carbons (Fsp3) is 0.857. The maximum atomic E-state index is 12.0. The van der Waals surface area contributed by atoms with E-state index >= 15 is 0 Å². The lowest BCUT2D eigenvalue weighted by Gasteiger charge is -2.63. The number of fused-ring (bicyclic) bond motifs is 3. The van der Waals surface area contributed by atoms with Gasteiger partial charge in [0.25, 0.3) is 0 Å². The molecule has 0 radical (unpaired) electrons. The fourth-order valence-corrected chi connectivity index (χ4v) is 11.5. The second-order valence-corrected chi connectivity index (χ2v) is 17.7. The zero-order valence-corrected chi connectivity index (χ0v) is 23.7. The summed E-state index contributed by atoms with van der Waals surface area (Å²) < 4.78 is 7.38. The molecule has 0 unspecified atom stereocenters. The molecule has 7 atom stereocenters. The zero-order valence-electron chi connectivity index (χ0n) is 22.7. The highest BCUT2D eigenvalue weighted by atomic mass is 28.4. The van der Waals surface area contributed by atoms with Crippen molar-refractivity contribution < 1.29 is 19.7 Å². The summed E-state index contributed by atoms with van der Waals surface area (Å²) in [5.74, 6) is -0.274. The van der Waals surface area contributed by atoms with Crippen molar-refractivity contribution in [2.75, 3.05) is 0 Å². The fourth-order valence-electron chi connectivity index (χ4n) is 8.00. The summed E-state index contributed by atoms with van der Waals surface area (Å²) in [5.41, 5.74) is 2.28. The lowest BCUT2D eigenvalue weighted by molar-refractivity contribution is -0.177. The Morgan fingerprint density at radius 3 is 2.18 bits per heavy atom. The van der Waals surface area contributed by atoms with Gasteiger partial charge in [0.1, 0.15) is 0 Å². The summed E-state index contributed by atoms with van der Waals surface area (Å²) in [5, 5.41) is 34.3. The molecule has 3 aliphatic rings. The van der Waals surface area contributed by atoms with Gasteiger partial charge in [-0.05, 0) is 72.2 Å². The molecule has 3 aliphatic carbocycles. The van der Waals surface area contributed by atoms with Crippen molar-refractivity contribution in [1.82, 2.24) is 0 Å². The summed E-state index contributed by atoms with van der Waals surface area (Å²) >= 11 is 0. The molecular weight excluding hydrogens is 428 g/mol. The van der Waals surface area contributed by atoms with Crippen molar-refractivity contribution >= 4 is 8.32 Å². The van der Waals surface area contributed by atoms with Crippen molar-refractivity contribution in [3.63, 3.8) is 0 Å². The van der Waals surface area contributed by atoms with E-state index in [9.17, 15) is 15.3 Å². The molecule has 0 amide bonds. The van der Waals surface area contributed by atoms with Gasteiger partial charge in [-0.1, -0.05) is 67.5 Å². The predicted molar refractivity (Wildman–Crippen MR) is 139 cm³/mol. The van der Waals surface area contributed by atoms with Crippen molar-refractivity contribution in [1.29, 1.82) is 0 Å². The van der Waals surface area contributed by atoms with Crippen LogP contribution in [0, 0.1) is 22.2 Å². The van der Waals surface area contributed by atoms with Crippen molar-refractivity contribution in [3.05, 3.63) is 23.3 Å². The summed E-state index contributed by atoms with van der Waals surface area (Å²) in [6.45, 7) is 24.3. The number of aliphatic hydroxyl groups is 3. The van der Waals surface area contributed by atoms with Gasteiger partial charge in [-0.2, -0.15) is 0 Å². The van der Waals surface area contributed by atoms with Crippen LogP contribution in [-0.4, -0.2) is 48.1 Å². The summed E-state index contributed by atoms with van der Waals surface area (Å²) in [6.07, 6.45) is 0.778. The van der Waals surface area contributed by atoms with Crippen molar-refractivity contribution in [2.45, 2.75) is 130 Å². The zero-order chi connectivity index (χ0) is 25.1. The quantitative estimate of drug-likeness (QED) is 0.336. The molecular formula is C28H50O4Si. The van der Waals surface area contributed by atoms with E-state index in [-0.39, 0.29) is 17.4 Å². The van der Waals surface area contributed by atoms with Crippen LogP contribution in [0.1, 0.15) is 88.0 Å². The topological polar surface area (TPSA) is 69.9 Å². The first-order valence-corrected chi connectivity index (χ1v) is 15.6. The lowest BCUT2D eigenvalue weighted by atomic mass is 9.44. The average Bonchev–Trinajstić information content (AvgIpc) is 2.72. The first-order valence-electron chi connectivity index (χ1n) is 13.2. The molecule has 2 bridgehead atoms. The van der Waals surface area contributed by atoms with Gasteiger partial charge in [0, 0.05) is 11.3 Å². The van der Waals surface area contributed by atoms with Crippen LogP contribution in [0.4, 0.5) is 0 Å². The molecule has 33 heavy (non-hydrogen) atoms. The van der Waals surface area contributed by atoms with E-state index < -0.39 is 37.5 Å². The molecule has 2 saturated carbocycles. The van der Waals surface area contributed by atoms with Gasteiger partial charge < -0.3 is 19.7 Å². The Bertz CT molecular complexity index is 798. The highest BCUT2D eigenvalue weighted by Crippen LogP contribution is 2.64. The molecule has 190 valence electrons. The van der Waals surface area contributed by atoms with Crippen LogP contribution < -0.4 is 0 Å². The molecule has 3 N–H and O–H groups in total. The third-order valence-electron chi connectivity index (χ3n) is 10.8. The Hall–Kier alpha value is -0.463. The van der Waals surface area contributed by atoms with Gasteiger partial charge in [-0.15, -0.1) is 0 Å². The highest BCUT2D eigenvalue weighted by Gasteiger charge is 2.64. The van der Waals surface area contributed by atoms with Crippen molar-refractivity contribution in [3.8, 4) is 0 Å². The van der Waals surface area contributed by atoms with Crippen LogP contribution in [0.15, 0.2) is 23.3 Å². The third-order valence-corrected chi connectivity index (χ3v) is 16.0. The molecule has 0 aromatic rings. The van der Waals surface area contributed by atoms with Crippen LogP contribution in [0.25, 0.3) is 0 Å². The van der Waals surface area contributed by atoms with Gasteiger partial charge in [0.2, 0.25) is 0 Å². The van der Waals surface area contributed by atoms with E-state index in [1.54, 1.807) is 0 Å². The normalized spacial score (nSPS) is 41.6. The van der Waals surface area contributed by atoms with Gasteiger partial charge in [-0.25, -0.2) is 0 Å². The van der Waals surface area contributed by atoms with Crippen LogP contribution in [0.3, 0.4) is 0 Å². The molecule has 0 saturated heterocycles. The molecule has 0 aromatic heterocycles. The summed E-state index contributed by atoms with van der Waals surface area (Å²) in [7, 11) is -2.00. The second-order valence-electron chi connectivity index (χ2n) is 12.8. The van der Waals surface area contributed by atoms with E-state index in [4.69, 9.17) is 4.43 Å². The molecule has 5 heteroatoms. The summed E-state index contributed by atoms with van der Waals surface area (Å²) in [6, 6.07) is 2.16. The Morgan fingerprint density at radius 2 is 1.67 bits per heavy atom. The maximum Gasteiger partial charge on any atom is 0.195 e. The second kappa shape index (κ2) is 8.88. The van der Waals surface area contributed by atoms with E-state index in [1.165, 1.54) is 11.1 Å². The van der Waals surface area contributed by atoms with E-state index in [1.807, 2.05) is 0 Å². The Balaban J connectivity index is 2.27. The van der Waals surface area contributed by atoms with Crippen LogP contribution in [0.5, 0.6) is 0 Å². The SMILES string of the molecule is C=C1[C@@H](O)CC[C@@]2(C)C[C@H](O[Si](CC)(CC)C(C)C)C3=C(C)C[C@H](O)[C@@](C)([C@@H](O)[C@H]12)C3(C)C. The van der Waals surface area contributed by atoms with Crippen LogP contribution >= 0.6 is 0 Å². The number of hydrogen-bond donors (Lipinski definition) is 3. The minimum atomic E-state index is -2.00. The molecule has 0 heterocycles. The lowest BCUT2D eigenvalue weighted by Crippen LogP contribution is -2.65. The maximum absolute atomic E-state index is 12.0.